The van der Waals surface area contributed by atoms with Crippen molar-refractivity contribution in [3.63, 3.8) is 0 Å². The third kappa shape index (κ3) is 2.05. The maximum atomic E-state index is 3.52. The normalized spacial score (nSPS) is 42.5. The number of likely N-dealkylation sites (tertiary alicyclic amines) is 1. The summed E-state index contributed by atoms with van der Waals surface area (Å²) in [4.78, 5) is 2.70. The number of hydrogen-bond acceptors (Lipinski definition) is 2. The van der Waals surface area contributed by atoms with Crippen molar-refractivity contribution < 1.29 is 0 Å². The largest absolute Gasteiger partial charge is 0.315 e. The summed E-state index contributed by atoms with van der Waals surface area (Å²) < 4.78 is 0. The van der Waals surface area contributed by atoms with Crippen LogP contribution in [0.2, 0.25) is 0 Å². The van der Waals surface area contributed by atoms with E-state index in [0.717, 1.165) is 17.9 Å². The van der Waals surface area contributed by atoms with E-state index in [9.17, 15) is 0 Å². The number of nitrogens with zero attached hydrogens (tertiary/aromatic N) is 1. The summed E-state index contributed by atoms with van der Waals surface area (Å²) in [6.45, 7) is 9.89. The second-order valence-electron chi connectivity index (χ2n) is 4.93. The molecule has 2 rings (SSSR count). The van der Waals surface area contributed by atoms with Crippen molar-refractivity contribution in [2.45, 2.75) is 32.7 Å². The van der Waals surface area contributed by atoms with Gasteiger partial charge in [0.15, 0.2) is 0 Å². The summed E-state index contributed by atoms with van der Waals surface area (Å²) >= 11 is 0. The maximum Gasteiger partial charge on any atom is 0.0246 e. The van der Waals surface area contributed by atoms with E-state index in [4.69, 9.17) is 0 Å². The van der Waals surface area contributed by atoms with E-state index >= 15 is 0 Å². The second kappa shape index (κ2) is 3.97. The fourth-order valence-corrected chi connectivity index (χ4v) is 2.73. The molecule has 0 aromatic rings. The molecule has 0 amide bonds. The molecule has 3 unspecified atom stereocenters. The molecular weight excluding hydrogens is 160 g/mol. The van der Waals surface area contributed by atoms with Crippen LogP contribution in [0.3, 0.4) is 0 Å². The molecule has 3 atom stereocenters. The molecule has 1 N–H and O–H groups in total. The topological polar surface area (TPSA) is 15.3 Å². The number of rotatable bonds is 1. The molecule has 2 aliphatic heterocycles. The lowest BCUT2D eigenvalue weighted by Crippen LogP contribution is -2.49. The summed E-state index contributed by atoms with van der Waals surface area (Å²) in [5.41, 5.74) is 0. The van der Waals surface area contributed by atoms with Crippen LogP contribution in [0.1, 0.15) is 26.7 Å². The van der Waals surface area contributed by atoms with Crippen LogP contribution in [-0.2, 0) is 0 Å². The zero-order valence-corrected chi connectivity index (χ0v) is 8.92. The lowest BCUT2D eigenvalue weighted by atomic mass is 9.94. The van der Waals surface area contributed by atoms with Gasteiger partial charge < -0.3 is 5.32 Å². The van der Waals surface area contributed by atoms with E-state index in [2.05, 4.69) is 24.1 Å². The molecule has 2 saturated heterocycles. The summed E-state index contributed by atoms with van der Waals surface area (Å²) in [6.07, 6.45) is 2.76. The van der Waals surface area contributed by atoms with Crippen molar-refractivity contribution in [2.75, 3.05) is 26.2 Å². The smallest absolute Gasteiger partial charge is 0.0246 e. The van der Waals surface area contributed by atoms with Gasteiger partial charge in [0.05, 0.1) is 0 Å². The van der Waals surface area contributed by atoms with Crippen LogP contribution >= 0.6 is 0 Å². The minimum atomic E-state index is 0.818. The Morgan fingerprint density at radius 1 is 1.23 bits per heavy atom. The van der Waals surface area contributed by atoms with Crippen LogP contribution in [0.25, 0.3) is 0 Å². The average Bonchev–Trinajstić information content (AvgIpc) is 2.53. The Bertz CT molecular complexity index is 169. The first-order chi connectivity index (χ1) is 6.27. The summed E-state index contributed by atoms with van der Waals surface area (Å²) in [5.74, 6) is 1.82. The Balaban J connectivity index is 1.91. The third-order valence-electron chi connectivity index (χ3n) is 3.71. The molecule has 0 aromatic carbocycles. The Kier molecular flexibility index (Phi) is 2.89. The predicted octanol–water partition coefficient (Wildman–Crippen LogP) is 1.33. The highest BCUT2D eigenvalue weighted by Crippen LogP contribution is 2.24. The fourth-order valence-electron chi connectivity index (χ4n) is 2.73. The van der Waals surface area contributed by atoms with Gasteiger partial charge in [0.2, 0.25) is 0 Å². The number of piperidine rings is 1. The Labute approximate surface area is 81.7 Å². The van der Waals surface area contributed by atoms with Crippen molar-refractivity contribution in [1.82, 2.24) is 10.2 Å². The first kappa shape index (κ1) is 9.47. The van der Waals surface area contributed by atoms with E-state index in [0.29, 0.717) is 0 Å². The highest BCUT2D eigenvalue weighted by atomic mass is 15.2. The molecule has 0 spiro atoms. The van der Waals surface area contributed by atoms with Crippen molar-refractivity contribution in [3.05, 3.63) is 0 Å². The molecule has 2 heteroatoms. The Morgan fingerprint density at radius 2 is 2.08 bits per heavy atom. The van der Waals surface area contributed by atoms with E-state index in [-0.39, 0.29) is 0 Å². The molecule has 76 valence electrons. The van der Waals surface area contributed by atoms with E-state index in [1.54, 1.807) is 0 Å². The van der Waals surface area contributed by atoms with Gasteiger partial charge in [0.1, 0.15) is 0 Å². The van der Waals surface area contributed by atoms with Gasteiger partial charge in [0, 0.05) is 19.1 Å². The van der Waals surface area contributed by atoms with E-state index in [1.807, 2.05) is 0 Å². The van der Waals surface area contributed by atoms with Gasteiger partial charge in [-0.15, -0.1) is 0 Å². The van der Waals surface area contributed by atoms with Gasteiger partial charge in [-0.2, -0.15) is 0 Å². The summed E-state index contributed by atoms with van der Waals surface area (Å²) in [7, 11) is 0. The maximum absolute atomic E-state index is 3.52. The van der Waals surface area contributed by atoms with Crippen LogP contribution in [0.5, 0.6) is 0 Å². The molecule has 0 bridgehead atoms. The SMILES string of the molecule is CC1CCN(C2CNCCC2C)C1. The molecule has 0 aliphatic carbocycles. The molecule has 2 fully saturated rings. The van der Waals surface area contributed by atoms with Gasteiger partial charge in [0.25, 0.3) is 0 Å². The van der Waals surface area contributed by atoms with E-state index in [1.165, 1.54) is 39.0 Å². The average molecular weight is 182 g/mol. The molecule has 2 heterocycles. The van der Waals surface area contributed by atoms with Crippen molar-refractivity contribution >= 4 is 0 Å². The monoisotopic (exact) mass is 182 g/mol. The van der Waals surface area contributed by atoms with E-state index < -0.39 is 0 Å². The molecule has 0 radical (unpaired) electrons. The van der Waals surface area contributed by atoms with Crippen molar-refractivity contribution in [3.8, 4) is 0 Å². The van der Waals surface area contributed by atoms with Crippen LogP contribution in [0, 0.1) is 11.8 Å². The lowest BCUT2D eigenvalue weighted by molar-refractivity contribution is 0.146. The van der Waals surface area contributed by atoms with Crippen LogP contribution in [0.4, 0.5) is 0 Å². The third-order valence-corrected chi connectivity index (χ3v) is 3.71. The summed E-state index contributed by atoms with van der Waals surface area (Å²) in [6, 6.07) is 0.818. The predicted molar refractivity (Wildman–Crippen MR) is 55.8 cm³/mol. The minimum absolute atomic E-state index is 0.818. The first-order valence-electron chi connectivity index (χ1n) is 5.72. The van der Waals surface area contributed by atoms with Gasteiger partial charge in [-0.05, 0) is 37.8 Å². The highest BCUT2D eigenvalue weighted by molar-refractivity contribution is 4.87. The number of hydrogen-bond donors (Lipinski definition) is 1. The zero-order chi connectivity index (χ0) is 9.26. The summed E-state index contributed by atoms with van der Waals surface area (Å²) in [5, 5.41) is 3.52. The molecule has 2 aliphatic rings. The van der Waals surface area contributed by atoms with Gasteiger partial charge in [-0.1, -0.05) is 13.8 Å². The standard InChI is InChI=1S/C11H22N2/c1-9-4-6-13(8-9)11-7-12-5-3-10(11)2/h9-12H,3-8H2,1-2H3. The molecule has 13 heavy (non-hydrogen) atoms. The van der Waals surface area contributed by atoms with Crippen LogP contribution < -0.4 is 5.32 Å². The highest BCUT2D eigenvalue weighted by Gasteiger charge is 2.30. The van der Waals surface area contributed by atoms with Gasteiger partial charge in [-0.25, -0.2) is 0 Å². The Hall–Kier alpha value is -0.0800. The molecule has 0 aromatic heterocycles. The minimum Gasteiger partial charge on any atom is -0.315 e. The van der Waals surface area contributed by atoms with Gasteiger partial charge >= 0.3 is 0 Å². The Morgan fingerprint density at radius 3 is 2.69 bits per heavy atom. The van der Waals surface area contributed by atoms with Crippen molar-refractivity contribution in [1.29, 1.82) is 0 Å². The van der Waals surface area contributed by atoms with Crippen LogP contribution in [-0.4, -0.2) is 37.1 Å². The lowest BCUT2D eigenvalue weighted by Gasteiger charge is -2.36. The molecule has 0 saturated carbocycles. The molecule has 2 nitrogen and oxygen atoms in total. The van der Waals surface area contributed by atoms with Gasteiger partial charge in [-0.3, -0.25) is 4.90 Å². The quantitative estimate of drug-likeness (QED) is 0.658. The second-order valence-corrected chi connectivity index (χ2v) is 4.93. The zero-order valence-electron chi connectivity index (χ0n) is 8.92. The fraction of sp³-hybridized carbons (Fsp3) is 1.00. The first-order valence-corrected chi connectivity index (χ1v) is 5.72. The van der Waals surface area contributed by atoms with Crippen LogP contribution in [0.15, 0.2) is 0 Å². The molecular formula is C11H22N2. The van der Waals surface area contributed by atoms with Crippen molar-refractivity contribution in [2.24, 2.45) is 11.8 Å². The number of nitrogens with one attached hydrogen (secondary N) is 1.